The number of carboxylic acids is 2. The second-order valence-electron chi connectivity index (χ2n) is 26.0. The zero-order valence-electron chi connectivity index (χ0n) is 58.8. The van der Waals surface area contributed by atoms with Gasteiger partial charge in [0.1, 0.15) is 72.8 Å². The number of nitrogens with two attached hydrogens (primary N) is 3. The van der Waals surface area contributed by atoms with Gasteiger partial charge in [-0.3, -0.25) is 67.5 Å². The van der Waals surface area contributed by atoms with Gasteiger partial charge in [-0.2, -0.15) is 0 Å². The zero-order chi connectivity index (χ0) is 74.3. The quantitative estimate of drug-likeness (QED) is 0.0312. The van der Waals surface area contributed by atoms with Crippen molar-refractivity contribution in [3.05, 3.63) is 35.9 Å². The molecule has 101 heavy (non-hydrogen) atoms. The summed E-state index contributed by atoms with van der Waals surface area (Å²) >= 11 is 1.34. The van der Waals surface area contributed by atoms with Crippen LogP contribution in [0.15, 0.2) is 45.3 Å². The summed E-state index contributed by atoms with van der Waals surface area (Å²) in [6.07, 6.45) is -0.123. The average Bonchev–Trinajstić information content (AvgIpc) is 1.83. The van der Waals surface area contributed by atoms with E-state index in [1.807, 2.05) is 13.8 Å². The second-order valence-corrected chi connectivity index (χ2v) is 27.0. The Morgan fingerprint density at radius 1 is 0.673 bits per heavy atom. The van der Waals surface area contributed by atoms with Crippen molar-refractivity contribution in [3.8, 4) is 0 Å². The fourth-order valence-corrected chi connectivity index (χ4v) is 12.1. The van der Waals surface area contributed by atoms with Gasteiger partial charge in [-0.25, -0.2) is 4.99 Å². The van der Waals surface area contributed by atoms with E-state index < -0.39 is 199 Å². The van der Waals surface area contributed by atoms with Crippen LogP contribution in [0.3, 0.4) is 0 Å². The van der Waals surface area contributed by atoms with Crippen molar-refractivity contribution in [2.75, 3.05) is 18.8 Å². The molecule has 1 aromatic rings. The smallest absolute Gasteiger partial charge is 0.550 e. The molecule has 0 bridgehead atoms. The van der Waals surface area contributed by atoms with Crippen LogP contribution in [-0.4, -0.2) is 198 Å². The topological polar surface area (TPSA) is 533 Å². The van der Waals surface area contributed by atoms with Crippen molar-refractivity contribution in [1.82, 2.24) is 58.5 Å². The van der Waals surface area contributed by atoms with Crippen LogP contribution >= 0.6 is 11.8 Å². The summed E-state index contributed by atoms with van der Waals surface area (Å²) in [5.41, 5.74) is 18.4. The molecule has 16 atom stereocenters. The van der Waals surface area contributed by atoms with Crippen molar-refractivity contribution < 1.29 is 96.8 Å². The van der Waals surface area contributed by atoms with Crippen LogP contribution in [-0.2, 0) is 93.0 Å². The van der Waals surface area contributed by atoms with Gasteiger partial charge in [-0.1, -0.05) is 105 Å². The summed E-state index contributed by atoms with van der Waals surface area (Å²) in [5.74, 6) is -16.2. The maximum absolute atomic E-state index is 14.9. The van der Waals surface area contributed by atoms with Gasteiger partial charge in [0.25, 0.3) is 0 Å². The Kier molecular flexibility index (Phi) is 38.0. The van der Waals surface area contributed by atoms with E-state index in [-0.39, 0.29) is 114 Å². The number of nitrogens with one attached hydrogen (secondary N) is 11. The minimum absolute atomic E-state index is 0. The van der Waals surface area contributed by atoms with Gasteiger partial charge in [0.15, 0.2) is 0 Å². The standard InChI is InChI=1S/C66H103N17O16S.Zn/c1-9-35(6)52(69)66-81-48(32-100-66)63(97)76-43(26-34(4)5)59(93)74-42(22-23-50(85)86)58(92)83-53(36(7)10-2)64(98)75-40-20-15-16-25-71-55(89)46(29-49(68)84)78-62(96)47(30-51(87)88)79-61(95)45(28-39-31-70-33-72-39)77-60(94)44(27-38-18-13-12-14-19-38)80-65(99)54(37(8)11-3)82-57(91)41(21-17-24-67)73-56(40)90;/h12-14,18-19,31,33-37,39-48,52-54H,9-11,15-17,20-30,32,67,69H2,1-8H3,(H2,68,84)(H,71,89)(H,73,90)(H,74,93)(H,75,98)(H,76,97)(H,77,94)(H,78,96)(H,79,95)(H,80,99)(H,82,91)(H,83,92)(H,85,86)(H,87,88);/q;+2/p-2. The molecule has 0 aromatic heterocycles. The first-order valence-corrected chi connectivity index (χ1v) is 35.1. The largest absolute Gasteiger partial charge is 2.00 e. The van der Waals surface area contributed by atoms with Crippen molar-refractivity contribution in [2.45, 2.75) is 230 Å². The number of rotatable bonds is 31. The minimum Gasteiger partial charge on any atom is -0.550 e. The normalized spacial score (nSPS) is 24.1. The number of aliphatic carboxylic acids is 2. The van der Waals surface area contributed by atoms with Gasteiger partial charge in [0, 0.05) is 49.7 Å². The van der Waals surface area contributed by atoms with E-state index in [0.29, 0.717) is 10.6 Å². The zero-order valence-corrected chi connectivity index (χ0v) is 62.6. The van der Waals surface area contributed by atoms with Crippen LogP contribution in [0.25, 0.3) is 0 Å². The second kappa shape index (κ2) is 44.2. The van der Waals surface area contributed by atoms with Crippen LogP contribution < -0.4 is 85.9 Å². The molecule has 0 aliphatic carbocycles. The van der Waals surface area contributed by atoms with Crippen LogP contribution in [0.4, 0.5) is 0 Å². The average molecular weight is 1490 g/mol. The van der Waals surface area contributed by atoms with Gasteiger partial charge in [-0.05, 0) is 87.1 Å². The third-order valence-corrected chi connectivity index (χ3v) is 18.7. The molecule has 1 saturated heterocycles. The summed E-state index contributed by atoms with van der Waals surface area (Å²) in [6, 6.07) is -9.46. The van der Waals surface area contributed by atoms with Crippen LogP contribution in [0.1, 0.15) is 151 Å². The van der Waals surface area contributed by atoms with Gasteiger partial charge >= 0.3 is 19.5 Å². The third-order valence-electron chi connectivity index (χ3n) is 17.5. The molecule has 1 fully saturated rings. The molecule has 1 aromatic carbocycles. The number of carboxylic acid groups (broad SMARTS) is 2. The number of aliphatic imine (C=N–C) groups is 3. The van der Waals surface area contributed by atoms with Crippen LogP contribution in [0.5, 0.6) is 0 Å². The molecule has 12 amide bonds. The molecule has 3 aliphatic rings. The predicted octanol–water partition coefficient (Wildman–Crippen LogP) is -4.44. The summed E-state index contributed by atoms with van der Waals surface area (Å²) in [4.78, 5) is 208. The SMILES string of the molecule is CCC(C)C(N)C1=NC(C(=O)NC(CC(C)C)C(=O)NC(CCC(=O)[O-])C(=O)NC(C(=O)NC2CCCCNC(=O)C(CC(N)=O)NC(=O)C(CC(=O)[O-])NC(=O)C(CC3C=NC=N3)NC(=O)C(Cc3ccccc3)NC(=O)C(C(C)CC)NC(=O)C(CCCN)NC2=O)C(C)CC)CS1.[Zn+2]. The van der Waals surface area contributed by atoms with Gasteiger partial charge in [0.05, 0.1) is 23.5 Å². The van der Waals surface area contributed by atoms with E-state index in [4.69, 9.17) is 17.2 Å². The Balaban J connectivity index is 0.0000265. The molecule has 0 saturated carbocycles. The molecule has 4 rings (SSSR count). The molecule has 17 N–H and O–H groups in total. The maximum atomic E-state index is 14.9. The van der Waals surface area contributed by atoms with Gasteiger partial charge in [0.2, 0.25) is 70.9 Å². The molecule has 0 radical (unpaired) electrons. The van der Waals surface area contributed by atoms with E-state index in [0.717, 1.165) is 6.42 Å². The predicted molar refractivity (Wildman–Crippen MR) is 367 cm³/mol. The number of nitrogens with zero attached hydrogens (tertiary/aromatic N) is 3. The van der Waals surface area contributed by atoms with E-state index in [9.17, 15) is 77.3 Å². The molecule has 554 valence electrons. The first-order chi connectivity index (χ1) is 47.4. The molecule has 3 heterocycles. The fourth-order valence-electron chi connectivity index (χ4n) is 10.9. The number of amides is 12. The number of thioether (sulfide) groups is 1. The first kappa shape index (κ1) is 86.9. The minimum atomic E-state index is -2.01. The van der Waals surface area contributed by atoms with Crippen molar-refractivity contribution >= 4 is 112 Å². The summed E-state index contributed by atoms with van der Waals surface area (Å²) < 4.78 is 0. The summed E-state index contributed by atoms with van der Waals surface area (Å²) in [7, 11) is 0. The Morgan fingerprint density at radius 3 is 1.87 bits per heavy atom. The van der Waals surface area contributed by atoms with E-state index in [2.05, 4.69) is 73.5 Å². The number of carbonyl (C=O) groups excluding carboxylic acids is 14. The third kappa shape index (κ3) is 29.3. The summed E-state index contributed by atoms with van der Waals surface area (Å²) in [6.45, 7) is 14.0. The van der Waals surface area contributed by atoms with Gasteiger partial charge in [-0.15, -0.1) is 11.8 Å². The fraction of sp³-hybridized carbons (Fsp3) is 0.652. The van der Waals surface area contributed by atoms with E-state index in [1.54, 1.807) is 71.9 Å². The molecule has 16 unspecified atom stereocenters. The monoisotopic (exact) mass is 1480 g/mol. The molecule has 35 heteroatoms. The Labute approximate surface area is 605 Å². The van der Waals surface area contributed by atoms with Crippen molar-refractivity contribution in [3.63, 3.8) is 0 Å². The molecule has 33 nitrogen and oxygen atoms in total. The Hall–Kier alpha value is -8.30. The van der Waals surface area contributed by atoms with Gasteiger partial charge < -0.3 is 95.5 Å². The molecular formula is C66H101N17O16SZn. The first-order valence-electron chi connectivity index (χ1n) is 34.1. The number of primary amides is 1. The van der Waals surface area contributed by atoms with Crippen LogP contribution in [0, 0.1) is 23.7 Å². The maximum Gasteiger partial charge on any atom is 2.00 e. The van der Waals surface area contributed by atoms with E-state index >= 15 is 0 Å². The van der Waals surface area contributed by atoms with E-state index in [1.165, 1.54) is 24.3 Å². The number of carbonyl (C=O) groups is 14. The summed E-state index contributed by atoms with van der Waals surface area (Å²) in [5, 5.41) is 53.1. The molecule has 0 spiro atoms. The number of hydrogen-bond donors (Lipinski definition) is 14. The van der Waals surface area contributed by atoms with Crippen molar-refractivity contribution in [1.29, 1.82) is 0 Å². The Bertz CT molecular complexity index is 3120. The van der Waals surface area contributed by atoms with Crippen molar-refractivity contribution in [2.24, 2.45) is 55.8 Å². The number of benzene rings is 1. The van der Waals surface area contributed by atoms with Crippen LogP contribution in [0.2, 0.25) is 0 Å². The molecule has 3 aliphatic heterocycles. The molecular weight excluding hydrogens is 1380 g/mol. The Morgan fingerprint density at radius 2 is 1.28 bits per heavy atom. The number of hydrogen-bond acceptors (Lipinski definition) is 22.